The first kappa shape index (κ1) is 20.2. The summed E-state index contributed by atoms with van der Waals surface area (Å²) in [5, 5.41) is 4.18. The van der Waals surface area contributed by atoms with Crippen LogP contribution in [0.4, 0.5) is 4.39 Å². The minimum absolute atomic E-state index is 0.165. The van der Waals surface area contributed by atoms with Crippen LogP contribution < -0.4 is 0 Å². The topological polar surface area (TPSA) is 42.2 Å². The van der Waals surface area contributed by atoms with Gasteiger partial charge in [0.05, 0.1) is 5.92 Å². The van der Waals surface area contributed by atoms with Crippen molar-refractivity contribution in [1.82, 2.24) is 15.0 Å². The number of aromatic nitrogens is 2. The van der Waals surface area contributed by atoms with Crippen LogP contribution in [0.3, 0.4) is 0 Å². The minimum Gasteiger partial charge on any atom is -0.339 e. The second-order valence-corrected chi connectivity index (χ2v) is 6.98. The van der Waals surface area contributed by atoms with Crippen molar-refractivity contribution in [2.75, 3.05) is 19.6 Å². The van der Waals surface area contributed by atoms with Gasteiger partial charge in [-0.25, -0.2) is 4.39 Å². The summed E-state index contributed by atoms with van der Waals surface area (Å²) in [6.07, 6.45) is 2.45. The number of hydrogen-bond acceptors (Lipinski definition) is 4. The summed E-state index contributed by atoms with van der Waals surface area (Å²) in [5.74, 6) is 0.848. The Hall–Kier alpha value is -2.53. The molecule has 0 spiro atoms. The van der Waals surface area contributed by atoms with Gasteiger partial charge < -0.3 is 9.42 Å². The third-order valence-electron chi connectivity index (χ3n) is 5.08. The van der Waals surface area contributed by atoms with E-state index in [1.165, 1.54) is 6.07 Å². The highest BCUT2D eigenvalue weighted by molar-refractivity contribution is 5.29. The number of halogens is 1. The lowest BCUT2D eigenvalue weighted by atomic mass is 9.92. The van der Waals surface area contributed by atoms with Gasteiger partial charge in [0.15, 0.2) is 5.82 Å². The van der Waals surface area contributed by atoms with Gasteiger partial charge in [-0.2, -0.15) is 4.98 Å². The van der Waals surface area contributed by atoms with Gasteiger partial charge in [-0.15, -0.1) is 0 Å². The summed E-state index contributed by atoms with van der Waals surface area (Å²) in [5.41, 5.74) is 2.00. The Labute approximate surface area is 166 Å². The van der Waals surface area contributed by atoms with Crippen molar-refractivity contribution in [3.8, 4) is 0 Å². The van der Waals surface area contributed by atoms with Crippen LogP contribution in [0.2, 0.25) is 0 Å². The minimum atomic E-state index is -0.255. The predicted octanol–water partition coefficient (Wildman–Crippen LogP) is 4.86. The molecule has 3 rings (SSSR count). The second-order valence-electron chi connectivity index (χ2n) is 6.98. The fourth-order valence-electron chi connectivity index (χ4n) is 3.43. The van der Waals surface area contributed by atoms with Gasteiger partial charge in [-0.1, -0.05) is 61.5 Å². The Morgan fingerprint density at radius 1 is 1.04 bits per heavy atom. The van der Waals surface area contributed by atoms with E-state index in [1.54, 1.807) is 12.1 Å². The van der Waals surface area contributed by atoms with Gasteiger partial charge in [-0.05, 0) is 55.7 Å². The Morgan fingerprint density at radius 2 is 1.82 bits per heavy atom. The van der Waals surface area contributed by atoms with Gasteiger partial charge >= 0.3 is 0 Å². The van der Waals surface area contributed by atoms with Gasteiger partial charge in [0.25, 0.3) is 0 Å². The molecule has 0 saturated carbocycles. The molecular weight excluding hydrogens is 353 g/mol. The molecule has 0 N–H and O–H groups in total. The van der Waals surface area contributed by atoms with Crippen LogP contribution in [-0.4, -0.2) is 34.7 Å². The van der Waals surface area contributed by atoms with Crippen LogP contribution in [0.25, 0.3) is 0 Å². The quantitative estimate of drug-likeness (QED) is 0.503. The average Bonchev–Trinajstić information content (AvgIpc) is 3.19. The molecule has 0 aliphatic carbocycles. The van der Waals surface area contributed by atoms with Crippen LogP contribution in [-0.2, 0) is 12.8 Å². The second kappa shape index (κ2) is 10.1. The van der Waals surface area contributed by atoms with E-state index in [9.17, 15) is 4.39 Å². The lowest BCUT2D eigenvalue weighted by Crippen LogP contribution is -2.24. The van der Waals surface area contributed by atoms with Gasteiger partial charge in [0.1, 0.15) is 5.82 Å². The van der Waals surface area contributed by atoms with Crippen LogP contribution in [0.1, 0.15) is 49.0 Å². The van der Waals surface area contributed by atoms with E-state index in [-0.39, 0.29) is 11.7 Å². The highest BCUT2D eigenvalue weighted by Crippen LogP contribution is 2.28. The SMILES string of the molecule is CCN(CC)CCCc1noc(C(Cc2ccccc2)c2cccc(F)c2)n1. The van der Waals surface area contributed by atoms with Crippen molar-refractivity contribution in [3.05, 3.63) is 83.3 Å². The summed E-state index contributed by atoms with van der Waals surface area (Å²) in [6.45, 7) is 7.46. The Morgan fingerprint density at radius 3 is 2.54 bits per heavy atom. The maximum absolute atomic E-state index is 13.8. The van der Waals surface area contributed by atoms with Crippen molar-refractivity contribution in [2.24, 2.45) is 0 Å². The van der Waals surface area contributed by atoms with Crippen molar-refractivity contribution in [3.63, 3.8) is 0 Å². The largest absolute Gasteiger partial charge is 0.339 e. The zero-order valence-corrected chi connectivity index (χ0v) is 16.6. The monoisotopic (exact) mass is 381 g/mol. The van der Waals surface area contributed by atoms with E-state index >= 15 is 0 Å². The number of nitrogens with zero attached hydrogens (tertiary/aromatic N) is 3. The molecule has 1 unspecified atom stereocenters. The number of benzene rings is 2. The summed E-state index contributed by atoms with van der Waals surface area (Å²) >= 11 is 0. The normalized spacial score (nSPS) is 12.4. The van der Waals surface area contributed by atoms with Crippen LogP contribution in [0.5, 0.6) is 0 Å². The summed E-state index contributed by atoms with van der Waals surface area (Å²) in [7, 11) is 0. The molecule has 0 fully saturated rings. The summed E-state index contributed by atoms with van der Waals surface area (Å²) in [6, 6.07) is 16.8. The standard InChI is InChI=1S/C23H28FN3O/c1-3-27(4-2)15-9-14-22-25-23(28-26-22)21(16-18-10-6-5-7-11-18)19-12-8-13-20(24)17-19/h5-8,10-13,17,21H,3-4,9,14-16H2,1-2H3. The Bertz CT molecular complexity index is 846. The molecule has 3 aromatic rings. The van der Waals surface area contributed by atoms with Crippen molar-refractivity contribution >= 4 is 0 Å². The Balaban J connectivity index is 1.76. The van der Waals surface area contributed by atoms with E-state index < -0.39 is 0 Å². The fraction of sp³-hybridized carbons (Fsp3) is 0.391. The van der Waals surface area contributed by atoms with Crippen molar-refractivity contribution < 1.29 is 8.91 Å². The zero-order chi connectivity index (χ0) is 19.8. The first-order valence-electron chi connectivity index (χ1n) is 10.0. The van der Waals surface area contributed by atoms with Crippen LogP contribution in [0, 0.1) is 5.82 Å². The lowest BCUT2D eigenvalue weighted by Gasteiger charge is -2.16. The highest BCUT2D eigenvalue weighted by Gasteiger charge is 2.22. The molecule has 4 nitrogen and oxygen atoms in total. The molecule has 2 aromatic carbocycles. The molecule has 0 aliphatic rings. The highest BCUT2D eigenvalue weighted by atomic mass is 19.1. The third kappa shape index (κ3) is 5.49. The first-order chi connectivity index (χ1) is 13.7. The number of hydrogen-bond donors (Lipinski definition) is 0. The molecule has 0 bridgehead atoms. The zero-order valence-electron chi connectivity index (χ0n) is 16.6. The molecule has 0 saturated heterocycles. The maximum atomic E-state index is 13.8. The molecule has 0 radical (unpaired) electrons. The van der Waals surface area contributed by atoms with Gasteiger partial charge in [0.2, 0.25) is 5.89 Å². The van der Waals surface area contributed by atoms with Gasteiger partial charge in [-0.3, -0.25) is 0 Å². The van der Waals surface area contributed by atoms with E-state index in [0.717, 1.165) is 49.4 Å². The molecule has 1 heterocycles. The predicted molar refractivity (Wildman–Crippen MR) is 109 cm³/mol. The molecule has 0 aliphatic heterocycles. The summed E-state index contributed by atoms with van der Waals surface area (Å²) < 4.78 is 19.4. The summed E-state index contributed by atoms with van der Waals surface area (Å²) in [4.78, 5) is 7.02. The maximum Gasteiger partial charge on any atom is 0.234 e. The Kier molecular flexibility index (Phi) is 7.31. The first-order valence-corrected chi connectivity index (χ1v) is 10.0. The van der Waals surface area contributed by atoms with Crippen molar-refractivity contribution in [1.29, 1.82) is 0 Å². The smallest absolute Gasteiger partial charge is 0.234 e. The van der Waals surface area contributed by atoms with Crippen LogP contribution in [0.15, 0.2) is 59.1 Å². The van der Waals surface area contributed by atoms with E-state index in [0.29, 0.717) is 12.3 Å². The van der Waals surface area contributed by atoms with Crippen molar-refractivity contribution in [2.45, 2.75) is 39.0 Å². The fourth-order valence-corrected chi connectivity index (χ4v) is 3.43. The van der Waals surface area contributed by atoms with E-state index in [2.05, 4.69) is 41.0 Å². The van der Waals surface area contributed by atoms with E-state index in [1.807, 2.05) is 24.3 Å². The molecular formula is C23H28FN3O. The number of rotatable bonds is 10. The number of aryl methyl sites for hydroxylation is 1. The third-order valence-corrected chi connectivity index (χ3v) is 5.08. The molecule has 1 aromatic heterocycles. The molecule has 148 valence electrons. The lowest BCUT2D eigenvalue weighted by molar-refractivity contribution is 0.298. The molecule has 0 amide bonds. The van der Waals surface area contributed by atoms with E-state index in [4.69, 9.17) is 4.52 Å². The van der Waals surface area contributed by atoms with Crippen LogP contribution >= 0.6 is 0 Å². The molecule has 1 atom stereocenters. The molecule has 5 heteroatoms. The molecule has 28 heavy (non-hydrogen) atoms. The average molecular weight is 381 g/mol. The van der Waals surface area contributed by atoms with Gasteiger partial charge in [0, 0.05) is 6.42 Å².